The lowest BCUT2D eigenvalue weighted by molar-refractivity contribution is -0.126. The zero-order valence-electron chi connectivity index (χ0n) is 17.0. The fourth-order valence-electron chi connectivity index (χ4n) is 3.53. The van der Waals surface area contributed by atoms with Crippen molar-refractivity contribution in [3.63, 3.8) is 0 Å². The Morgan fingerprint density at radius 3 is 2.45 bits per heavy atom. The zero-order valence-corrected chi connectivity index (χ0v) is 17.0. The van der Waals surface area contributed by atoms with Crippen LogP contribution in [0.15, 0.2) is 42.7 Å². The second-order valence-corrected chi connectivity index (χ2v) is 7.00. The highest BCUT2D eigenvalue weighted by Crippen LogP contribution is 2.20. The molecule has 1 fully saturated rings. The van der Waals surface area contributed by atoms with Crippen LogP contribution in [0.2, 0.25) is 0 Å². The lowest BCUT2D eigenvalue weighted by atomic mass is 9.98. The van der Waals surface area contributed by atoms with E-state index in [1.807, 2.05) is 17.0 Å². The lowest BCUT2D eigenvalue weighted by Crippen LogP contribution is -2.49. The fourth-order valence-corrected chi connectivity index (χ4v) is 3.53. The quantitative estimate of drug-likeness (QED) is 0.726. The molecule has 0 saturated carbocycles. The normalized spacial score (nSPS) is 16.2. The number of aromatic nitrogens is 2. The zero-order chi connectivity index (χ0) is 20.6. The number of rotatable bonds is 6. The maximum Gasteiger partial charge on any atom is 0.269 e. The molecule has 0 bridgehead atoms. The van der Waals surface area contributed by atoms with Crippen molar-refractivity contribution in [2.75, 3.05) is 36.0 Å². The van der Waals surface area contributed by atoms with Gasteiger partial charge >= 0.3 is 0 Å². The first-order valence-electron chi connectivity index (χ1n) is 10.1. The maximum absolute atomic E-state index is 12.5. The Morgan fingerprint density at radius 1 is 1.10 bits per heavy atom. The van der Waals surface area contributed by atoms with E-state index in [9.17, 15) is 9.59 Å². The molecule has 8 heteroatoms. The van der Waals surface area contributed by atoms with Crippen molar-refractivity contribution in [1.29, 1.82) is 0 Å². The lowest BCUT2D eigenvalue weighted by Gasteiger charge is -2.31. The van der Waals surface area contributed by atoms with Crippen molar-refractivity contribution < 1.29 is 9.59 Å². The van der Waals surface area contributed by atoms with Crippen LogP contribution in [-0.4, -0.2) is 48.0 Å². The molecule has 1 aliphatic heterocycles. The van der Waals surface area contributed by atoms with Crippen molar-refractivity contribution in [3.8, 4) is 0 Å². The average molecular weight is 396 g/mol. The summed E-state index contributed by atoms with van der Waals surface area (Å²) >= 11 is 0. The van der Waals surface area contributed by atoms with Crippen molar-refractivity contribution in [2.45, 2.75) is 26.7 Å². The van der Waals surface area contributed by atoms with Crippen molar-refractivity contribution in [3.05, 3.63) is 48.3 Å². The van der Waals surface area contributed by atoms with Gasteiger partial charge in [-0.15, -0.1) is 0 Å². The molecule has 154 valence electrons. The Labute approximate surface area is 171 Å². The van der Waals surface area contributed by atoms with Crippen LogP contribution in [0.25, 0.3) is 0 Å². The van der Waals surface area contributed by atoms with E-state index in [-0.39, 0.29) is 17.7 Å². The van der Waals surface area contributed by atoms with E-state index in [2.05, 4.69) is 39.6 Å². The summed E-state index contributed by atoms with van der Waals surface area (Å²) in [6.07, 6.45) is 5.02. The molecule has 2 heterocycles. The van der Waals surface area contributed by atoms with Gasteiger partial charge in [0.15, 0.2) is 0 Å². The van der Waals surface area contributed by atoms with Gasteiger partial charge in [0, 0.05) is 49.8 Å². The average Bonchev–Trinajstić information content (AvgIpc) is 2.79. The first kappa shape index (κ1) is 20.6. The standard InChI is InChI=1S/C21H28N6O2/c1-3-26(4-2)18-10-8-16(9-11-18)19(28)24-25-20(29)17-7-5-14-27(15-17)21-22-12-6-13-23-21/h6,8-13,17H,3-5,7,14-15H2,1-2H3,(H,24,28)(H,25,29)/t17-/m1/s1. The molecular formula is C21H28N6O2. The van der Waals surface area contributed by atoms with Gasteiger partial charge in [0.2, 0.25) is 11.9 Å². The van der Waals surface area contributed by atoms with Crippen molar-refractivity contribution in [2.24, 2.45) is 5.92 Å². The van der Waals surface area contributed by atoms with Gasteiger partial charge in [-0.25, -0.2) is 9.97 Å². The number of nitrogens with one attached hydrogen (secondary N) is 2. The fraction of sp³-hybridized carbons (Fsp3) is 0.429. The topological polar surface area (TPSA) is 90.5 Å². The molecule has 1 aromatic carbocycles. The highest BCUT2D eigenvalue weighted by molar-refractivity contribution is 5.95. The van der Waals surface area contributed by atoms with E-state index in [1.165, 1.54) is 0 Å². The third-order valence-corrected chi connectivity index (χ3v) is 5.18. The molecule has 1 aromatic heterocycles. The molecule has 0 unspecified atom stereocenters. The monoisotopic (exact) mass is 396 g/mol. The summed E-state index contributed by atoms with van der Waals surface area (Å²) in [6, 6.07) is 9.14. The molecule has 2 N–H and O–H groups in total. The minimum absolute atomic E-state index is 0.196. The van der Waals surface area contributed by atoms with Crippen molar-refractivity contribution in [1.82, 2.24) is 20.8 Å². The smallest absolute Gasteiger partial charge is 0.269 e. The van der Waals surface area contributed by atoms with Crippen LogP contribution < -0.4 is 20.7 Å². The van der Waals surface area contributed by atoms with E-state index in [1.54, 1.807) is 30.6 Å². The summed E-state index contributed by atoms with van der Waals surface area (Å²) in [7, 11) is 0. The van der Waals surface area contributed by atoms with E-state index < -0.39 is 0 Å². The van der Waals surface area contributed by atoms with Crippen LogP contribution in [0.4, 0.5) is 11.6 Å². The van der Waals surface area contributed by atoms with Gasteiger partial charge in [0.25, 0.3) is 5.91 Å². The Morgan fingerprint density at radius 2 is 1.79 bits per heavy atom. The molecular weight excluding hydrogens is 368 g/mol. The second kappa shape index (κ2) is 9.86. The van der Waals surface area contributed by atoms with E-state index in [0.29, 0.717) is 18.1 Å². The van der Waals surface area contributed by atoms with E-state index in [0.717, 1.165) is 38.2 Å². The molecule has 2 amide bonds. The predicted molar refractivity (Wildman–Crippen MR) is 113 cm³/mol. The first-order valence-corrected chi connectivity index (χ1v) is 10.1. The predicted octanol–water partition coefficient (Wildman–Crippen LogP) is 2.00. The van der Waals surface area contributed by atoms with Crippen LogP contribution >= 0.6 is 0 Å². The molecule has 29 heavy (non-hydrogen) atoms. The molecule has 1 saturated heterocycles. The number of carbonyl (C=O) groups excluding carboxylic acids is 2. The summed E-state index contributed by atoms with van der Waals surface area (Å²) in [4.78, 5) is 37.6. The van der Waals surface area contributed by atoms with Gasteiger partial charge in [-0.05, 0) is 57.0 Å². The van der Waals surface area contributed by atoms with Crippen LogP contribution in [0.3, 0.4) is 0 Å². The molecule has 8 nitrogen and oxygen atoms in total. The molecule has 0 spiro atoms. The van der Waals surface area contributed by atoms with Gasteiger partial charge in [0.1, 0.15) is 0 Å². The first-order chi connectivity index (χ1) is 14.1. The number of benzene rings is 1. The van der Waals surface area contributed by atoms with Gasteiger partial charge in [-0.1, -0.05) is 0 Å². The number of hydrogen-bond donors (Lipinski definition) is 2. The number of nitrogens with zero attached hydrogens (tertiary/aromatic N) is 4. The summed E-state index contributed by atoms with van der Waals surface area (Å²) in [5.74, 6) is -0.123. The molecule has 0 radical (unpaired) electrons. The maximum atomic E-state index is 12.5. The molecule has 1 atom stereocenters. The highest BCUT2D eigenvalue weighted by atomic mass is 16.2. The molecule has 2 aromatic rings. The van der Waals surface area contributed by atoms with Crippen LogP contribution in [0, 0.1) is 5.92 Å². The van der Waals surface area contributed by atoms with E-state index >= 15 is 0 Å². The largest absolute Gasteiger partial charge is 0.372 e. The summed E-state index contributed by atoms with van der Waals surface area (Å²) in [6.45, 7) is 7.35. The summed E-state index contributed by atoms with van der Waals surface area (Å²) in [5, 5.41) is 0. The van der Waals surface area contributed by atoms with Crippen LogP contribution in [0.5, 0.6) is 0 Å². The minimum atomic E-state index is -0.330. The van der Waals surface area contributed by atoms with E-state index in [4.69, 9.17) is 0 Å². The Balaban J connectivity index is 1.52. The highest BCUT2D eigenvalue weighted by Gasteiger charge is 2.27. The summed E-state index contributed by atoms with van der Waals surface area (Å²) in [5.41, 5.74) is 6.67. The number of hydrazine groups is 1. The van der Waals surface area contributed by atoms with Gasteiger partial charge in [-0.2, -0.15) is 0 Å². The van der Waals surface area contributed by atoms with Crippen LogP contribution in [-0.2, 0) is 4.79 Å². The van der Waals surface area contributed by atoms with Crippen molar-refractivity contribution >= 4 is 23.5 Å². The Hall–Kier alpha value is -3.16. The third-order valence-electron chi connectivity index (χ3n) is 5.18. The number of piperidine rings is 1. The Bertz CT molecular complexity index is 808. The third kappa shape index (κ3) is 5.22. The van der Waals surface area contributed by atoms with Gasteiger partial charge < -0.3 is 9.80 Å². The van der Waals surface area contributed by atoms with Gasteiger partial charge in [0.05, 0.1) is 5.92 Å². The Kier molecular flexibility index (Phi) is 6.99. The summed E-state index contributed by atoms with van der Waals surface area (Å²) < 4.78 is 0. The number of amides is 2. The SMILES string of the molecule is CCN(CC)c1ccc(C(=O)NNC(=O)[C@@H]2CCCN(c3ncccn3)C2)cc1. The van der Waals surface area contributed by atoms with Gasteiger partial charge in [-0.3, -0.25) is 20.4 Å². The molecule has 1 aliphatic rings. The molecule has 3 rings (SSSR count). The number of carbonyl (C=O) groups is 2. The molecule has 0 aliphatic carbocycles. The minimum Gasteiger partial charge on any atom is -0.372 e. The second-order valence-electron chi connectivity index (χ2n) is 7.00. The number of hydrogen-bond acceptors (Lipinski definition) is 6. The number of anilines is 2. The van der Waals surface area contributed by atoms with Crippen LogP contribution in [0.1, 0.15) is 37.0 Å².